The normalized spacial score (nSPS) is 24.5. The number of piperazine rings is 1. The number of rotatable bonds is 6. The van der Waals surface area contributed by atoms with Crippen LogP contribution < -0.4 is 10.6 Å². The van der Waals surface area contributed by atoms with Gasteiger partial charge >= 0.3 is 0 Å². The first-order chi connectivity index (χ1) is 10.7. The Kier molecular flexibility index (Phi) is 10.5. The molecule has 23 heavy (non-hydrogen) atoms. The van der Waals surface area contributed by atoms with Crippen molar-refractivity contribution in [3.63, 3.8) is 0 Å². The minimum atomic E-state index is 0. The van der Waals surface area contributed by atoms with Crippen LogP contribution >= 0.6 is 24.0 Å². The van der Waals surface area contributed by atoms with Gasteiger partial charge in [0, 0.05) is 45.8 Å². The van der Waals surface area contributed by atoms with Crippen LogP contribution in [0.15, 0.2) is 4.99 Å². The second-order valence-corrected chi connectivity index (χ2v) is 7.07. The molecule has 1 saturated heterocycles. The average molecular weight is 437 g/mol. The van der Waals surface area contributed by atoms with Gasteiger partial charge in [0.2, 0.25) is 0 Å². The van der Waals surface area contributed by atoms with Crippen LogP contribution in [0.1, 0.15) is 38.5 Å². The second kappa shape index (κ2) is 11.5. The fourth-order valence-corrected chi connectivity index (χ4v) is 3.65. The van der Waals surface area contributed by atoms with Crippen molar-refractivity contribution in [3.05, 3.63) is 0 Å². The van der Waals surface area contributed by atoms with Gasteiger partial charge in [0.1, 0.15) is 0 Å². The average Bonchev–Trinajstić information content (AvgIpc) is 3.03. The van der Waals surface area contributed by atoms with Gasteiger partial charge in [0.25, 0.3) is 0 Å². The van der Waals surface area contributed by atoms with Crippen LogP contribution in [-0.2, 0) is 0 Å². The first kappa shape index (κ1) is 21.0. The summed E-state index contributed by atoms with van der Waals surface area (Å²) in [5.74, 6) is 1.94. The lowest BCUT2D eigenvalue weighted by atomic mass is 10.0. The van der Waals surface area contributed by atoms with Crippen LogP contribution in [-0.4, -0.2) is 75.7 Å². The van der Waals surface area contributed by atoms with Crippen molar-refractivity contribution < 1.29 is 0 Å². The minimum absolute atomic E-state index is 0. The molecule has 1 aliphatic heterocycles. The Balaban J connectivity index is 0.00000264. The van der Waals surface area contributed by atoms with Gasteiger partial charge in [-0.2, -0.15) is 0 Å². The highest BCUT2D eigenvalue weighted by atomic mass is 127. The summed E-state index contributed by atoms with van der Waals surface area (Å²) >= 11 is 0. The highest BCUT2D eigenvalue weighted by Gasteiger charge is 2.22. The van der Waals surface area contributed by atoms with E-state index in [0.29, 0.717) is 6.04 Å². The summed E-state index contributed by atoms with van der Waals surface area (Å²) in [6, 6.07) is 0.566. The number of nitrogens with zero attached hydrogens (tertiary/aromatic N) is 3. The van der Waals surface area contributed by atoms with Crippen molar-refractivity contribution in [1.82, 2.24) is 20.4 Å². The number of aliphatic imine (C=N–C) groups is 1. The number of nitrogens with one attached hydrogen (secondary N) is 2. The number of guanidine groups is 1. The molecular weight excluding hydrogens is 401 g/mol. The molecule has 0 amide bonds. The highest BCUT2D eigenvalue weighted by Crippen LogP contribution is 2.28. The van der Waals surface area contributed by atoms with E-state index < -0.39 is 0 Å². The lowest BCUT2D eigenvalue weighted by molar-refractivity contribution is 0.116. The smallest absolute Gasteiger partial charge is 0.191 e. The van der Waals surface area contributed by atoms with Crippen molar-refractivity contribution >= 4 is 29.9 Å². The summed E-state index contributed by atoms with van der Waals surface area (Å²) in [6.45, 7) is 5.44. The quantitative estimate of drug-likeness (QED) is 0.289. The zero-order valence-electron chi connectivity index (χ0n) is 15.2. The Morgan fingerprint density at radius 3 is 2.57 bits per heavy atom. The number of likely N-dealkylation sites (N-methyl/N-ethyl adjacent to an activating group) is 2. The zero-order valence-corrected chi connectivity index (χ0v) is 17.5. The maximum Gasteiger partial charge on any atom is 0.191 e. The molecule has 2 N–H and O–H groups in total. The molecule has 0 aromatic carbocycles. The molecule has 2 rings (SSSR count). The molecule has 6 heteroatoms. The molecule has 1 saturated carbocycles. The van der Waals surface area contributed by atoms with Crippen molar-refractivity contribution in [2.24, 2.45) is 10.9 Å². The molecular formula is C17H36IN5. The van der Waals surface area contributed by atoms with E-state index in [1.54, 1.807) is 0 Å². The maximum absolute atomic E-state index is 4.35. The first-order valence-electron chi connectivity index (χ1n) is 9.02. The molecule has 0 aromatic heterocycles. The van der Waals surface area contributed by atoms with E-state index in [4.69, 9.17) is 0 Å². The van der Waals surface area contributed by atoms with Gasteiger partial charge in [-0.25, -0.2) is 0 Å². The molecule has 2 aliphatic rings. The molecule has 0 radical (unpaired) electrons. The lowest BCUT2D eigenvalue weighted by Crippen LogP contribution is -2.55. The van der Waals surface area contributed by atoms with Gasteiger partial charge in [-0.1, -0.05) is 25.7 Å². The summed E-state index contributed by atoms with van der Waals surface area (Å²) < 4.78 is 0. The van der Waals surface area contributed by atoms with E-state index in [9.17, 15) is 0 Å². The minimum Gasteiger partial charge on any atom is -0.356 e. The molecule has 1 unspecified atom stereocenters. The van der Waals surface area contributed by atoms with Crippen LogP contribution in [0.25, 0.3) is 0 Å². The molecule has 1 atom stereocenters. The molecule has 5 nitrogen and oxygen atoms in total. The Labute approximate surface area is 159 Å². The Bertz CT molecular complexity index is 344. The topological polar surface area (TPSA) is 42.9 Å². The molecule has 0 bridgehead atoms. The van der Waals surface area contributed by atoms with Crippen LogP contribution in [0, 0.1) is 5.92 Å². The Hall–Kier alpha value is -0.0800. The van der Waals surface area contributed by atoms with E-state index in [0.717, 1.165) is 38.1 Å². The largest absolute Gasteiger partial charge is 0.356 e. The van der Waals surface area contributed by atoms with Crippen molar-refractivity contribution in [2.75, 3.05) is 53.9 Å². The molecule has 1 heterocycles. The number of halogens is 1. The van der Waals surface area contributed by atoms with E-state index in [-0.39, 0.29) is 24.0 Å². The van der Waals surface area contributed by atoms with E-state index in [1.165, 1.54) is 45.1 Å². The Morgan fingerprint density at radius 2 is 1.87 bits per heavy atom. The third-order valence-corrected chi connectivity index (χ3v) is 5.27. The summed E-state index contributed by atoms with van der Waals surface area (Å²) in [7, 11) is 6.29. The fourth-order valence-electron chi connectivity index (χ4n) is 3.65. The summed E-state index contributed by atoms with van der Waals surface area (Å²) in [5, 5.41) is 6.95. The van der Waals surface area contributed by atoms with Crippen LogP contribution in [0.2, 0.25) is 0 Å². The van der Waals surface area contributed by atoms with E-state index >= 15 is 0 Å². The predicted octanol–water partition coefficient (Wildman–Crippen LogP) is 1.99. The Morgan fingerprint density at radius 1 is 1.13 bits per heavy atom. The standard InChI is InChI=1S/C17H35N5.HI/c1-18-17(19-10-6-9-15-7-4-5-8-15)20-13-16-14-21(2)11-12-22(16)3;/h15-16H,4-14H2,1-3H3,(H2,18,19,20);1H. The van der Waals surface area contributed by atoms with Crippen molar-refractivity contribution in [2.45, 2.75) is 44.6 Å². The molecule has 0 spiro atoms. The van der Waals surface area contributed by atoms with Crippen LogP contribution in [0.4, 0.5) is 0 Å². The molecule has 2 fully saturated rings. The molecule has 136 valence electrons. The lowest BCUT2D eigenvalue weighted by Gasteiger charge is -2.37. The SMILES string of the molecule is CN=C(NCCCC1CCCC1)NCC1CN(C)CCN1C.I. The molecule has 0 aromatic rings. The zero-order chi connectivity index (χ0) is 15.8. The second-order valence-electron chi connectivity index (χ2n) is 7.07. The van der Waals surface area contributed by atoms with E-state index in [1.807, 2.05) is 7.05 Å². The predicted molar refractivity (Wildman–Crippen MR) is 110 cm³/mol. The summed E-state index contributed by atoms with van der Waals surface area (Å²) in [5.41, 5.74) is 0. The summed E-state index contributed by atoms with van der Waals surface area (Å²) in [4.78, 5) is 9.20. The van der Waals surface area contributed by atoms with Crippen molar-refractivity contribution in [1.29, 1.82) is 0 Å². The molecule has 1 aliphatic carbocycles. The van der Waals surface area contributed by atoms with Crippen LogP contribution in [0.5, 0.6) is 0 Å². The van der Waals surface area contributed by atoms with Gasteiger partial charge in [-0.15, -0.1) is 24.0 Å². The third-order valence-electron chi connectivity index (χ3n) is 5.27. The van der Waals surface area contributed by atoms with Gasteiger partial charge in [0.15, 0.2) is 5.96 Å². The van der Waals surface area contributed by atoms with Gasteiger partial charge in [-0.05, 0) is 32.9 Å². The maximum atomic E-state index is 4.35. The first-order valence-corrected chi connectivity index (χ1v) is 9.02. The highest BCUT2D eigenvalue weighted by molar-refractivity contribution is 14.0. The van der Waals surface area contributed by atoms with Crippen LogP contribution in [0.3, 0.4) is 0 Å². The van der Waals surface area contributed by atoms with Gasteiger partial charge < -0.3 is 15.5 Å². The van der Waals surface area contributed by atoms with Gasteiger partial charge in [0.05, 0.1) is 0 Å². The number of hydrogen-bond acceptors (Lipinski definition) is 3. The third kappa shape index (κ3) is 7.56. The fraction of sp³-hybridized carbons (Fsp3) is 0.941. The van der Waals surface area contributed by atoms with Gasteiger partial charge in [-0.3, -0.25) is 9.89 Å². The van der Waals surface area contributed by atoms with Crippen molar-refractivity contribution in [3.8, 4) is 0 Å². The summed E-state index contributed by atoms with van der Waals surface area (Å²) in [6.07, 6.45) is 8.44. The van der Waals surface area contributed by atoms with E-state index in [2.05, 4.69) is 39.5 Å². The monoisotopic (exact) mass is 437 g/mol. The number of hydrogen-bond donors (Lipinski definition) is 2.